The quantitative estimate of drug-likeness (QED) is 0.169. The minimum Gasteiger partial charge on any atom is -0.344 e. The topological polar surface area (TPSA) is 155 Å². The van der Waals surface area contributed by atoms with Crippen LogP contribution in [0.5, 0.6) is 0 Å². The fourth-order valence-corrected chi connectivity index (χ4v) is 7.67. The number of Topliss-reactive ketones (excluding diaryl/α,β-unsaturated/α-hetero) is 1. The van der Waals surface area contributed by atoms with Crippen LogP contribution in [0.4, 0.5) is 0 Å². The molecule has 0 spiro atoms. The lowest BCUT2D eigenvalue weighted by atomic mass is 9.92. The van der Waals surface area contributed by atoms with Crippen LogP contribution in [-0.2, 0) is 24.0 Å². The van der Waals surface area contributed by atoms with Gasteiger partial charge in [0.25, 0.3) is 13.1 Å². The van der Waals surface area contributed by atoms with E-state index >= 15 is 0 Å². The van der Waals surface area contributed by atoms with E-state index in [1.807, 2.05) is 6.07 Å². The van der Waals surface area contributed by atoms with Crippen molar-refractivity contribution in [3.8, 4) is 6.57 Å². The summed E-state index contributed by atoms with van der Waals surface area (Å²) in [6.45, 7) is 6.68. The first kappa shape index (κ1) is 38.0. The number of likely N-dealkylation sites (tertiary alicyclic amines) is 1. The van der Waals surface area contributed by atoms with E-state index in [2.05, 4.69) is 20.8 Å². The first-order chi connectivity index (χ1) is 23.8. The molecule has 1 aromatic rings. The van der Waals surface area contributed by atoms with E-state index in [0.29, 0.717) is 63.7 Å². The Labute approximate surface area is 291 Å². The van der Waals surface area contributed by atoms with Gasteiger partial charge in [0, 0.05) is 24.8 Å². The van der Waals surface area contributed by atoms with Gasteiger partial charge < -0.3 is 26.6 Å². The number of piperidine rings is 1. The molecule has 11 heteroatoms. The minimum absolute atomic E-state index is 0.0517. The molecule has 3 fully saturated rings. The smallest absolute Gasteiger partial charge is 0.263 e. The van der Waals surface area contributed by atoms with Crippen LogP contribution in [0.1, 0.15) is 121 Å². The summed E-state index contributed by atoms with van der Waals surface area (Å²) in [5, 5.41) is 8.99. The SMILES string of the molecule is C#[N+]CCCCC(NC(=O)C1CCCC1)C(=O)N1CCCCC1C(=O)NC(C(=O)NC(CCCCN)C(=O)C1CCCC1)c1ccccc1. The lowest BCUT2D eigenvalue weighted by molar-refractivity contribution is -0.146. The third kappa shape index (κ3) is 11.1. The Kier molecular flexibility index (Phi) is 15.5. The van der Waals surface area contributed by atoms with Gasteiger partial charge in [-0.05, 0) is 89.2 Å². The molecule has 268 valence electrons. The van der Waals surface area contributed by atoms with Crippen LogP contribution in [0, 0.1) is 18.4 Å². The Bertz CT molecular complexity index is 1290. The van der Waals surface area contributed by atoms with Crippen molar-refractivity contribution in [2.75, 3.05) is 19.6 Å². The number of nitrogens with two attached hydrogens (primary N) is 1. The lowest BCUT2D eigenvalue weighted by Crippen LogP contribution is -2.59. The molecular weight excluding hydrogens is 620 g/mol. The highest BCUT2D eigenvalue weighted by Gasteiger charge is 2.39. The number of ketones is 1. The van der Waals surface area contributed by atoms with E-state index in [1.54, 1.807) is 29.2 Å². The zero-order valence-electron chi connectivity index (χ0n) is 29.1. The van der Waals surface area contributed by atoms with Gasteiger partial charge in [-0.3, -0.25) is 24.0 Å². The van der Waals surface area contributed by atoms with E-state index in [9.17, 15) is 24.0 Å². The lowest BCUT2D eigenvalue weighted by Gasteiger charge is -2.38. The Balaban J connectivity index is 1.51. The van der Waals surface area contributed by atoms with Crippen LogP contribution in [-0.4, -0.2) is 72.1 Å². The first-order valence-corrected chi connectivity index (χ1v) is 18.7. The molecule has 11 nitrogen and oxygen atoms in total. The van der Waals surface area contributed by atoms with Crippen molar-refractivity contribution in [3.05, 3.63) is 40.7 Å². The Morgan fingerprint density at radius 2 is 1.39 bits per heavy atom. The molecule has 2 saturated carbocycles. The van der Waals surface area contributed by atoms with Gasteiger partial charge in [0.2, 0.25) is 23.6 Å². The van der Waals surface area contributed by atoms with Crippen LogP contribution in [0.2, 0.25) is 0 Å². The van der Waals surface area contributed by atoms with Gasteiger partial charge >= 0.3 is 0 Å². The second-order valence-electron chi connectivity index (χ2n) is 14.1. The van der Waals surface area contributed by atoms with Crippen molar-refractivity contribution in [1.29, 1.82) is 0 Å². The third-order valence-electron chi connectivity index (χ3n) is 10.5. The van der Waals surface area contributed by atoms with Gasteiger partial charge in [0.1, 0.15) is 18.1 Å². The zero-order valence-corrected chi connectivity index (χ0v) is 29.1. The predicted molar refractivity (Wildman–Crippen MR) is 189 cm³/mol. The Hall–Kier alpha value is -3.78. The summed E-state index contributed by atoms with van der Waals surface area (Å²) >= 11 is 0. The van der Waals surface area contributed by atoms with E-state index < -0.39 is 36.0 Å². The second-order valence-corrected chi connectivity index (χ2v) is 14.1. The van der Waals surface area contributed by atoms with Gasteiger partial charge in [-0.15, -0.1) is 0 Å². The number of amides is 4. The van der Waals surface area contributed by atoms with Gasteiger partial charge in [0.05, 0.1) is 6.04 Å². The van der Waals surface area contributed by atoms with E-state index in [4.69, 9.17) is 12.3 Å². The molecule has 49 heavy (non-hydrogen) atoms. The van der Waals surface area contributed by atoms with Crippen molar-refractivity contribution in [1.82, 2.24) is 20.9 Å². The molecule has 4 amide bonds. The number of carbonyl (C=O) groups is 5. The number of nitrogens with zero attached hydrogens (tertiary/aromatic N) is 2. The van der Waals surface area contributed by atoms with Crippen LogP contribution >= 0.6 is 0 Å². The average molecular weight is 678 g/mol. The van der Waals surface area contributed by atoms with Gasteiger partial charge in [0.15, 0.2) is 5.78 Å². The Morgan fingerprint density at radius 1 is 0.755 bits per heavy atom. The summed E-state index contributed by atoms with van der Waals surface area (Å²) in [5.41, 5.74) is 6.31. The molecule has 1 heterocycles. The molecule has 2 aliphatic carbocycles. The monoisotopic (exact) mass is 677 g/mol. The standard InChI is InChI=1S/C38H56N6O5/c1-40-25-13-10-22-31(42-35(46)29-19-7-8-20-29)38(49)44-26-14-11-23-32(44)36(47)43-33(27-15-3-2-4-16-27)37(48)41-30(21-9-12-24-39)34(45)28-17-5-6-18-28/h1-4,15-16,28-33H,5-14,17-26,39H2,(H2-,41,42,43,46,47,48)/p+1. The number of benzene rings is 1. The average Bonchev–Trinajstić information content (AvgIpc) is 3.87. The molecule has 0 bridgehead atoms. The molecule has 1 aromatic carbocycles. The van der Waals surface area contributed by atoms with E-state index in [-0.39, 0.29) is 29.4 Å². The molecule has 4 rings (SSSR count). The van der Waals surface area contributed by atoms with Crippen molar-refractivity contribution < 1.29 is 24.0 Å². The molecule has 4 unspecified atom stereocenters. The van der Waals surface area contributed by atoms with E-state index in [0.717, 1.165) is 70.6 Å². The van der Waals surface area contributed by atoms with Crippen LogP contribution in [0.25, 0.3) is 4.85 Å². The maximum Gasteiger partial charge on any atom is 0.263 e. The number of hydrogen-bond donors (Lipinski definition) is 4. The highest BCUT2D eigenvalue weighted by molar-refractivity contribution is 5.96. The molecule has 0 radical (unpaired) electrons. The van der Waals surface area contributed by atoms with Crippen molar-refractivity contribution in [3.63, 3.8) is 0 Å². The number of hydrogen-bond acceptors (Lipinski definition) is 6. The van der Waals surface area contributed by atoms with Gasteiger partial charge in [-0.25, -0.2) is 0 Å². The summed E-state index contributed by atoms with van der Waals surface area (Å²) in [4.78, 5) is 74.2. The number of carbonyl (C=O) groups excluding carboxylic acids is 5. The number of nitrogens with one attached hydrogen (secondary N) is 3. The van der Waals surface area contributed by atoms with Crippen LogP contribution in [0.15, 0.2) is 30.3 Å². The van der Waals surface area contributed by atoms with E-state index in [1.165, 1.54) is 0 Å². The normalized spacial score (nSPS) is 20.2. The van der Waals surface area contributed by atoms with Crippen molar-refractivity contribution in [2.45, 2.75) is 133 Å². The fourth-order valence-electron chi connectivity index (χ4n) is 7.67. The van der Waals surface area contributed by atoms with Crippen LogP contribution < -0.4 is 21.7 Å². The minimum atomic E-state index is -1.06. The van der Waals surface area contributed by atoms with Crippen LogP contribution in [0.3, 0.4) is 0 Å². The molecule has 3 aliphatic rings. The fraction of sp³-hybridized carbons (Fsp3) is 0.684. The van der Waals surface area contributed by atoms with Crippen molar-refractivity contribution in [2.24, 2.45) is 17.6 Å². The maximum absolute atomic E-state index is 14.1. The first-order valence-electron chi connectivity index (χ1n) is 18.7. The van der Waals surface area contributed by atoms with Gasteiger partial charge in [-0.2, -0.15) is 0 Å². The molecular formula is C38H57N6O5+. The number of rotatable bonds is 18. The molecule has 1 saturated heterocycles. The zero-order chi connectivity index (χ0) is 35.0. The molecule has 1 aliphatic heterocycles. The van der Waals surface area contributed by atoms with Gasteiger partial charge in [-0.1, -0.05) is 60.9 Å². The second kappa shape index (κ2) is 20.0. The summed E-state index contributed by atoms with van der Waals surface area (Å²) in [6, 6.07) is 5.72. The summed E-state index contributed by atoms with van der Waals surface area (Å²) < 4.78 is 0. The molecule has 0 aromatic heterocycles. The summed E-state index contributed by atoms with van der Waals surface area (Å²) in [7, 11) is 0. The molecule has 4 atom stereocenters. The van der Waals surface area contributed by atoms with Crippen molar-refractivity contribution >= 4 is 29.4 Å². The highest BCUT2D eigenvalue weighted by Crippen LogP contribution is 2.29. The largest absolute Gasteiger partial charge is 0.344 e. The molecule has 5 N–H and O–H groups in total. The summed E-state index contributed by atoms with van der Waals surface area (Å²) in [6.07, 6.45) is 13.0. The maximum atomic E-state index is 14.1. The number of unbranched alkanes of at least 4 members (excludes halogenated alkanes) is 2. The predicted octanol–water partition coefficient (Wildman–Crippen LogP) is 4.41. The highest BCUT2D eigenvalue weighted by atomic mass is 16.2. The Morgan fingerprint density at radius 3 is 2.06 bits per heavy atom. The third-order valence-corrected chi connectivity index (χ3v) is 10.5. The summed E-state index contributed by atoms with van der Waals surface area (Å²) in [5.74, 6) is -1.38.